The van der Waals surface area contributed by atoms with Crippen LogP contribution in [0.15, 0.2) is 189 Å². The van der Waals surface area contributed by atoms with Crippen molar-refractivity contribution >= 4 is 82.4 Å². The molecule has 0 amide bonds. The molecule has 5 aromatic heterocycles. The summed E-state index contributed by atoms with van der Waals surface area (Å²) in [5.74, 6) is 2.15. The summed E-state index contributed by atoms with van der Waals surface area (Å²) < 4.78 is 9.28. The van der Waals surface area contributed by atoms with E-state index >= 15 is 0 Å². The minimum absolute atomic E-state index is 0.586. The second-order valence-electron chi connectivity index (χ2n) is 15.1. The molecule has 12 aromatic rings. The molecule has 0 bridgehead atoms. The molecule has 12 rings (SSSR count). The second-order valence-corrected chi connectivity index (χ2v) is 15.1. The van der Waals surface area contributed by atoms with Gasteiger partial charge in [-0.3, -0.25) is 13.7 Å². The molecule has 278 valence electrons. The van der Waals surface area contributed by atoms with Crippen LogP contribution in [0.25, 0.3) is 106 Å². The molecular formula is C53H36N6. The molecule has 7 aromatic carbocycles. The number of nitrogens with zero attached hydrogens (tertiary/aromatic N) is 6. The molecule has 5 heterocycles. The van der Waals surface area contributed by atoms with Crippen LogP contribution < -0.4 is 0 Å². The second kappa shape index (κ2) is 12.8. The largest absolute Gasteiger partial charge is 0.307 e. The van der Waals surface area contributed by atoms with E-state index in [2.05, 4.69) is 208 Å². The Labute approximate surface area is 339 Å². The third-order valence-corrected chi connectivity index (χ3v) is 12.0. The summed E-state index contributed by atoms with van der Waals surface area (Å²) in [5, 5.41) is 8.14. The number of benzene rings is 7. The van der Waals surface area contributed by atoms with E-state index < -0.39 is 0 Å². The molecule has 6 nitrogen and oxygen atoms in total. The lowest BCUT2D eigenvalue weighted by atomic mass is 10.1. The van der Waals surface area contributed by atoms with Gasteiger partial charge >= 0.3 is 0 Å². The first-order valence-electron chi connectivity index (χ1n) is 20.0. The van der Waals surface area contributed by atoms with Gasteiger partial charge in [-0.05, 0) is 49.4 Å². The highest BCUT2D eigenvalue weighted by atomic mass is 15.2. The van der Waals surface area contributed by atoms with Gasteiger partial charge in [0, 0.05) is 60.7 Å². The number of rotatable bonds is 6. The van der Waals surface area contributed by atoms with Crippen LogP contribution in [-0.2, 0) is 0 Å². The summed E-state index contributed by atoms with van der Waals surface area (Å²) in [5.41, 5.74) is 10.9. The lowest BCUT2D eigenvalue weighted by molar-refractivity contribution is 0.898. The number of fused-ring (bicyclic) bond motifs is 11. The van der Waals surface area contributed by atoms with E-state index in [1.165, 1.54) is 21.5 Å². The Bertz CT molecular complexity index is 3650. The lowest BCUT2D eigenvalue weighted by Crippen LogP contribution is -2.11. The fourth-order valence-corrected chi connectivity index (χ4v) is 9.52. The minimum Gasteiger partial charge on any atom is -0.307 e. The van der Waals surface area contributed by atoms with E-state index in [0.717, 1.165) is 83.4 Å². The van der Waals surface area contributed by atoms with Crippen molar-refractivity contribution < 1.29 is 0 Å². The molecule has 0 saturated carbocycles. The van der Waals surface area contributed by atoms with Crippen molar-refractivity contribution in [3.63, 3.8) is 0 Å². The molecule has 0 N–H and O–H groups in total. The molecule has 0 aliphatic rings. The highest BCUT2D eigenvalue weighted by molar-refractivity contribution is 6.23. The summed E-state index contributed by atoms with van der Waals surface area (Å²) >= 11 is 0. The summed E-state index contributed by atoms with van der Waals surface area (Å²) in [6.45, 7) is 6.14. The van der Waals surface area contributed by atoms with Crippen LogP contribution in [0, 0.1) is 6.92 Å². The maximum absolute atomic E-state index is 5.64. The highest BCUT2D eigenvalue weighted by Crippen LogP contribution is 2.42. The van der Waals surface area contributed by atoms with Gasteiger partial charge < -0.3 is 4.57 Å². The van der Waals surface area contributed by atoms with Crippen molar-refractivity contribution in [2.75, 3.05) is 0 Å². The maximum Gasteiger partial charge on any atom is 0.238 e. The summed E-state index contributed by atoms with van der Waals surface area (Å²) in [6, 6.07) is 60.5. The monoisotopic (exact) mass is 756 g/mol. The molecule has 59 heavy (non-hydrogen) atoms. The van der Waals surface area contributed by atoms with Gasteiger partial charge in [0.05, 0.1) is 38.6 Å². The average molecular weight is 757 g/mol. The Morgan fingerprint density at radius 2 is 0.847 bits per heavy atom. The smallest absolute Gasteiger partial charge is 0.238 e. The molecule has 0 radical (unpaired) electrons. The van der Waals surface area contributed by atoms with E-state index in [1.54, 1.807) is 0 Å². The zero-order valence-electron chi connectivity index (χ0n) is 32.3. The SMILES string of the molecule is C=C/C=C\c1c(C)n(-c2cc(-n3c4ccccc4c4ccccc43)nc(-n3c4ccccc4c4ccc5c6ccccc6n(-c6ccccc6)c5c43)n2)c2ccccc12. The first kappa shape index (κ1) is 33.2. The molecule has 0 fully saturated rings. The fraction of sp³-hybridized carbons (Fsp3) is 0.0189. The fourth-order valence-electron chi connectivity index (χ4n) is 9.52. The number of para-hydroxylation sites is 6. The normalized spacial score (nSPS) is 12.2. The van der Waals surface area contributed by atoms with Gasteiger partial charge in [-0.25, -0.2) is 0 Å². The van der Waals surface area contributed by atoms with Gasteiger partial charge in [0.15, 0.2) is 0 Å². The van der Waals surface area contributed by atoms with Gasteiger partial charge in [0.2, 0.25) is 5.95 Å². The van der Waals surface area contributed by atoms with Crippen LogP contribution in [0.1, 0.15) is 11.3 Å². The van der Waals surface area contributed by atoms with Crippen molar-refractivity contribution in [3.05, 3.63) is 200 Å². The van der Waals surface area contributed by atoms with Gasteiger partial charge in [-0.1, -0.05) is 146 Å². The average Bonchev–Trinajstić information content (AvgIpc) is 4.00. The zero-order valence-corrected chi connectivity index (χ0v) is 32.3. The topological polar surface area (TPSA) is 45.5 Å². The Kier molecular flexibility index (Phi) is 7.19. The van der Waals surface area contributed by atoms with Crippen molar-refractivity contribution in [3.8, 4) is 23.3 Å². The predicted molar refractivity (Wildman–Crippen MR) is 246 cm³/mol. The third-order valence-electron chi connectivity index (χ3n) is 12.0. The molecule has 6 heteroatoms. The van der Waals surface area contributed by atoms with Crippen LogP contribution >= 0.6 is 0 Å². The quantitative estimate of drug-likeness (QED) is 0.159. The summed E-state index contributed by atoms with van der Waals surface area (Å²) in [4.78, 5) is 11.3. The number of hydrogen-bond donors (Lipinski definition) is 0. The van der Waals surface area contributed by atoms with Gasteiger partial charge in [-0.15, -0.1) is 0 Å². The molecule has 0 unspecified atom stereocenters. The molecule has 0 aliphatic carbocycles. The van der Waals surface area contributed by atoms with E-state index in [1.807, 2.05) is 12.2 Å². The minimum atomic E-state index is 0.586. The van der Waals surface area contributed by atoms with Crippen molar-refractivity contribution in [2.45, 2.75) is 6.92 Å². The van der Waals surface area contributed by atoms with Crippen molar-refractivity contribution in [2.24, 2.45) is 0 Å². The number of aromatic nitrogens is 6. The first-order valence-corrected chi connectivity index (χ1v) is 20.0. The number of allylic oxidation sites excluding steroid dienone is 2. The predicted octanol–water partition coefficient (Wildman–Crippen LogP) is 13.2. The van der Waals surface area contributed by atoms with Crippen LogP contribution in [0.5, 0.6) is 0 Å². The lowest BCUT2D eigenvalue weighted by Gasteiger charge is -2.16. The Hall–Kier alpha value is -7.96. The maximum atomic E-state index is 5.64. The molecule has 0 atom stereocenters. The van der Waals surface area contributed by atoms with E-state index in [4.69, 9.17) is 9.97 Å². The standard InChI is InChI=1S/C53H36N6/c1-3-4-20-36-34(2)56(44-26-13-8-21-37(36)44)49-33-50(58-46-28-15-9-22-38(46)39-23-10-16-29-47(39)58)55-53(54-49)59-48-30-17-12-25-41(48)43-32-31-42-40-24-11-14-27-45(40)57(51(42)52(43)59)35-18-6-5-7-19-35/h3-33H,1H2,2H3/b20-4-. The molecular weight excluding hydrogens is 721 g/mol. The number of hydrogen-bond acceptors (Lipinski definition) is 2. The van der Waals surface area contributed by atoms with E-state index in [9.17, 15) is 0 Å². The van der Waals surface area contributed by atoms with Crippen LogP contribution in [-0.4, -0.2) is 28.2 Å². The molecule has 0 aliphatic heterocycles. The van der Waals surface area contributed by atoms with Gasteiger partial charge in [-0.2, -0.15) is 9.97 Å². The van der Waals surface area contributed by atoms with Crippen LogP contribution in [0.4, 0.5) is 0 Å². The van der Waals surface area contributed by atoms with E-state index in [0.29, 0.717) is 5.95 Å². The molecule has 0 spiro atoms. The first-order chi connectivity index (χ1) is 29.2. The Morgan fingerprint density at radius 1 is 0.424 bits per heavy atom. The third kappa shape index (κ3) is 4.74. The summed E-state index contributed by atoms with van der Waals surface area (Å²) in [6.07, 6.45) is 5.97. The zero-order chi connectivity index (χ0) is 39.2. The Balaban J connectivity index is 1.28. The van der Waals surface area contributed by atoms with Crippen molar-refractivity contribution in [1.29, 1.82) is 0 Å². The van der Waals surface area contributed by atoms with Gasteiger partial charge in [0.1, 0.15) is 11.6 Å². The summed E-state index contributed by atoms with van der Waals surface area (Å²) in [7, 11) is 0. The van der Waals surface area contributed by atoms with Crippen molar-refractivity contribution in [1.82, 2.24) is 28.2 Å². The van der Waals surface area contributed by atoms with Crippen LogP contribution in [0.3, 0.4) is 0 Å². The van der Waals surface area contributed by atoms with Crippen LogP contribution in [0.2, 0.25) is 0 Å². The van der Waals surface area contributed by atoms with E-state index in [-0.39, 0.29) is 0 Å². The Morgan fingerprint density at radius 3 is 1.41 bits per heavy atom. The highest BCUT2D eigenvalue weighted by Gasteiger charge is 2.25. The van der Waals surface area contributed by atoms with Gasteiger partial charge in [0.25, 0.3) is 0 Å². The molecule has 0 saturated heterocycles.